The molecule has 3 aromatic rings. The first-order chi connectivity index (χ1) is 18.7. The number of ether oxygens (including phenoxy) is 1. The van der Waals surface area contributed by atoms with Crippen molar-refractivity contribution in [3.63, 3.8) is 0 Å². The Labute approximate surface area is 235 Å². The third kappa shape index (κ3) is 7.52. The summed E-state index contributed by atoms with van der Waals surface area (Å²) in [4.78, 5) is 28.4. The van der Waals surface area contributed by atoms with Crippen molar-refractivity contribution in [2.75, 3.05) is 24.0 Å². The molecule has 0 saturated carbocycles. The molecule has 0 heterocycles. The van der Waals surface area contributed by atoms with Crippen LogP contribution >= 0.6 is 11.6 Å². The molecule has 0 unspecified atom stereocenters. The van der Waals surface area contributed by atoms with E-state index in [1.165, 1.54) is 17.0 Å². The van der Waals surface area contributed by atoms with Crippen LogP contribution in [0.1, 0.15) is 32.8 Å². The van der Waals surface area contributed by atoms with Crippen LogP contribution in [0.5, 0.6) is 5.75 Å². The molecule has 0 fully saturated rings. The van der Waals surface area contributed by atoms with Crippen LogP contribution in [-0.4, -0.2) is 50.9 Å². The highest BCUT2D eigenvalue weighted by Gasteiger charge is 2.33. The van der Waals surface area contributed by atoms with Gasteiger partial charge in [0.2, 0.25) is 11.8 Å². The molecule has 0 aliphatic rings. The van der Waals surface area contributed by atoms with Crippen molar-refractivity contribution in [3.05, 3.63) is 89.4 Å². The minimum absolute atomic E-state index is 0.0383. The van der Waals surface area contributed by atoms with Gasteiger partial charge in [-0.2, -0.15) is 0 Å². The predicted molar refractivity (Wildman–Crippen MR) is 153 cm³/mol. The summed E-state index contributed by atoms with van der Waals surface area (Å²) in [6.07, 6.45) is 0.330. The summed E-state index contributed by atoms with van der Waals surface area (Å²) in [7, 11) is -4.13. The first kappa shape index (κ1) is 30.0. The largest absolute Gasteiger partial charge is 0.494 e. The van der Waals surface area contributed by atoms with Crippen LogP contribution in [0.2, 0.25) is 5.02 Å². The van der Waals surface area contributed by atoms with Crippen molar-refractivity contribution in [2.45, 2.75) is 44.7 Å². The highest BCUT2D eigenvalue weighted by atomic mass is 35.5. The van der Waals surface area contributed by atoms with Crippen molar-refractivity contribution in [1.29, 1.82) is 0 Å². The molecule has 208 valence electrons. The van der Waals surface area contributed by atoms with Crippen molar-refractivity contribution in [3.8, 4) is 5.75 Å². The monoisotopic (exact) mass is 571 g/mol. The Hall–Kier alpha value is -3.56. The number of hydrogen-bond donors (Lipinski definition) is 1. The molecule has 0 spiro atoms. The fourth-order valence-corrected chi connectivity index (χ4v) is 5.78. The van der Waals surface area contributed by atoms with E-state index in [9.17, 15) is 18.0 Å². The predicted octanol–water partition coefficient (Wildman–Crippen LogP) is 4.88. The Morgan fingerprint density at radius 3 is 2.15 bits per heavy atom. The van der Waals surface area contributed by atoms with Crippen molar-refractivity contribution in [2.24, 2.45) is 0 Å². The molecule has 8 nitrogen and oxygen atoms in total. The molecule has 0 radical (unpaired) electrons. The second-order valence-corrected chi connectivity index (χ2v) is 11.0. The number of anilines is 1. The zero-order chi connectivity index (χ0) is 28.4. The standard InChI is InChI=1S/C29H34ClN3O5S/c1-4-27(29(35)31-5-2)32(20-22-12-10-11-15-26(22)30)28(34)21-33(23-16-18-24(19-17-23)38-6-3)39(36,37)25-13-8-7-9-14-25/h7-19,27H,4-6,20-21H2,1-3H3,(H,31,35)/t27-/m0/s1. The maximum absolute atomic E-state index is 14.0. The van der Waals surface area contributed by atoms with Crippen LogP contribution in [0.25, 0.3) is 0 Å². The van der Waals surface area contributed by atoms with Gasteiger partial charge in [-0.15, -0.1) is 0 Å². The highest BCUT2D eigenvalue weighted by Crippen LogP contribution is 2.27. The first-order valence-corrected chi connectivity index (χ1v) is 14.7. The van der Waals surface area contributed by atoms with E-state index in [2.05, 4.69) is 5.32 Å². The number of carbonyl (C=O) groups excluding carboxylic acids is 2. The van der Waals surface area contributed by atoms with E-state index in [4.69, 9.17) is 16.3 Å². The third-order valence-corrected chi connectivity index (χ3v) is 8.24. The lowest BCUT2D eigenvalue weighted by Gasteiger charge is -2.33. The van der Waals surface area contributed by atoms with Gasteiger partial charge in [0.15, 0.2) is 0 Å². The molecule has 39 heavy (non-hydrogen) atoms. The second kappa shape index (κ2) is 14.0. The number of rotatable bonds is 13. The summed E-state index contributed by atoms with van der Waals surface area (Å²) in [6.45, 7) is 5.82. The first-order valence-electron chi connectivity index (χ1n) is 12.8. The average Bonchev–Trinajstić information content (AvgIpc) is 2.94. The van der Waals surface area contributed by atoms with Gasteiger partial charge in [0.25, 0.3) is 10.0 Å². The van der Waals surface area contributed by atoms with E-state index >= 15 is 0 Å². The van der Waals surface area contributed by atoms with Crippen molar-refractivity contribution in [1.82, 2.24) is 10.2 Å². The molecule has 3 rings (SSSR count). The molecule has 0 aromatic heterocycles. The number of benzene rings is 3. The summed E-state index contributed by atoms with van der Waals surface area (Å²) in [5.74, 6) is -0.285. The molecule has 1 atom stereocenters. The van der Waals surface area contributed by atoms with E-state index in [0.717, 1.165) is 4.31 Å². The fourth-order valence-electron chi connectivity index (χ4n) is 4.15. The number of halogens is 1. The van der Waals surface area contributed by atoms with Gasteiger partial charge >= 0.3 is 0 Å². The SMILES string of the molecule is CCNC(=O)[C@H](CC)N(Cc1ccccc1Cl)C(=O)CN(c1ccc(OCC)cc1)S(=O)(=O)c1ccccc1. The van der Waals surface area contributed by atoms with Crippen molar-refractivity contribution >= 4 is 39.1 Å². The van der Waals surface area contributed by atoms with Crippen LogP contribution in [0.4, 0.5) is 5.69 Å². The maximum atomic E-state index is 14.0. The molecule has 0 aliphatic carbocycles. The molecule has 3 aromatic carbocycles. The van der Waals surface area contributed by atoms with Gasteiger partial charge in [0.1, 0.15) is 18.3 Å². The van der Waals surface area contributed by atoms with Crippen LogP contribution in [0, 0.1) is 0 Å². The molecule has 0 saturated heterocycles. The number of sulfonamides is 1. The zero-order valence-corrected chi connectivity index (χ0v) is 23.9. The third-order valence-electron chi connectivity index (χ3n) is 6.08. The number of amides is 2. The van der Waals surface area contributed by atoms with Crippen LogP contribution in [0.3, 0.4) is 0 Å². The minimum Gasteiger partial charge on any atom is -0.494 e. The van der Waals surface area contributed by atoms with Crippen LogP contribution < -0.4 is 14.4 Å². The summed E-state index contributed by atoms with van der Waals surface area (Å²) < 4.78 is 34.2. The van der Waals surface area contributed by atoms with Gasteiger partial charge in [-0.1, -0.05) is 54.9 Å². The van der Waals surface area contributed by atoms with E-state index in [-0.39, 0.29) is 17.3 Å². The Balaban J connectivity index is 2.05. The summed E-state index contributed by atoms with van der Waals surface area (Å²) >= 11 is 6.40. The number of nitrogens with one attached hydrogen (secondary N) is 1. The number of hydrogen-bond acceptors (Lipinski definition) is 5. The van der Waals surface area contributed by atoms with Gasteiger partial charge in [-0.25, -0.2) is 8.42 Å². The van der Waals surface area contributed by atoms with Crippen LogP contribution in [0.15, 0.2) is 83.8 Å². The van der Waals surface area contributed by atoms with Crippen molar-refractivity contribution < 1.29 is 22.7 Å². The lowest BCUT2D eigenvalue weighted by molar-refractivity contribution is -0.140. The normalized spacial score (nSPS) is 11.9. The summed E-state index contributed by atoms with van der Waals surface area (Å²) in [5, 5.41) is 3.23. The topological polar surface area (TPSA) is 96.0 Å². The van der Waals surface area contributed by atoms with Gasteiger partial charge in [0, 0.05) is 18.1 Å². The Bertz CT molecular complexity index is 1350. The maximum Gasteiger partial charge on any atom is 0.264 e. The summed E-state index contributed by atoms with van der Waals surface area (Å²) in [5.41, 5.74) is 0.938. The zero-order valence-electron chi connectivity index (χ0n) is 22.3. The summed E-state index contributed by atoms with van der Waals surface area (Å²) in [6, 6.07) is 20.6. The molecule has 10 heteroatoms. The number of carbonyl (C=O) groups is 2. The smallest absolute Gasteiger partial charge is 0.264 e. The Morgan fingerprint density at radius 2 is 1.56 bits per heavy atom. The molecule has 0 bridgehead atoms. The van der Waals surface area contributed by atoms with Gasteiger partial charge < -0.3 is 15.0 Å². The number of nitrogens with zero attached hydrogens (tertiary/aromatic N) is 2. The number of likely N-dealkylation sites (N-methyl/N-ethyl adjacent to an activating group) is 1. The van der Waals surface area contributed by atoms with E-state index in [1.807, 2.05) is 6.92 Å². The van der Waals surface area contributed by atoms with Crippen LogP contribution in [-0.2, 0) is 26.2 Å². The minimum atomic E-state index is -4.13. The lowest BCUT2D eigenvalue weighted by Crippen LogP contribution is -2.52. The van der Waals surface area contributed by atoms with E-state index < -0.39 is 28.5 Å². The Kier molecular flexibility index (Phi) is 10.8. The Morgan fingerprint density at radius 1 is 0.923 bits per heavy atom. The van der Waals surface area contributed by atoms with Gasteiger partial charge in [0.05, 0.1) is 17.2 Å². The molecular formula is C29H34ClN3O5S. The quantitative estimate of drug-likeness (QED) is 0.315. The molecule has 0 aliphatic heterocycles. The van der Waals surface area contributed by atoms with Gasteiger partial charge in [-0.05, 0) is 68.3 Å². The average molecular weight is 572 g/mol. The highest BCUT2D eigenvalue weighted by molar-refractivity contribution is 7.92. The molecular weight excluding hydrogens is 538 g/mol. The fraction of sp³-hybridized carbons (Fsp3) is 0.310. The van der Waals surface area contributed by atoms with E-state index in [1.54, 1.807) is 80.6 Å². The molecule has 2 amide bonds. The second-order valence-electron chi connectivity index (χ2n) is 8.68. The lowest BCUT2D eigenvalue weighted by atomic mass is 10.1. The van der Waals surface area contributed by atoms with Gasteiger partial charge in [-0.3, -0.25) is 13.9 Å². The van der Waals surface area contributed by atoms with E-state index in [0.29, 0.717) is 41.6 Å². The molecule has 1 N–H and O–H groups in total.